The van der Waals surface area contributed by atoms with Gasteiger partial charge in [0.25, 0.3) is 5.91 Å². The molecule has 1 atom stereocenters. The van der Waals surface area contributed by atoms with E-state index in [4.69, 9.17) is 21.8 Å². The van der Waals surface area contributed by atoms with E-state index in [1.807, 2.05) is 12.1 Å². The lowest BCUT2D eigenvalue weighted by Crippen LogP contribution is -2.49. The van der Waals surface area contributed by atoms with Crippen molar-refractivity contribution in [2.45, 2.75) is 31.8 Å². The van der Waals surface area contributed by atoms with Crippen LogP contribution in [0.15, 0.2) is 65.1 Å². The minimum atomic E-state index is -0.734. The van der Waals surface area contributed by atoms with Gasteiger partial charge in [0, 0.05) is 29.4 Å². The smallest absolute Gasteiger partial charge is 0.287 e. The second kappa shape index (κ2) is 11.2. The zero-order valence-electron chi connectivity index (χ0n) is 19.1. The number of furan rings is 1. The summed E-state index contributed by atoms with van der Waals surface area (Å²) in [5.74, 6) is -0.440. The van der Waals surface area contributed by atoms with Crippen LogP contribution in [0, 0.1) is 0 Å². The Morgan fingerprint density at radius 3 is 2.66 bits per heavy atom. The molecule has 0 spiro atoms. The third-order valence-electron chi connectivity index (χ3n) is 5.83. The molecule has 2 aromatic carbocycles. The van der Waals surface area contributed by atoms with E-state index in [-0.39, 0.29) is 24.1 Å². The Hall–Kier alpha value is -3.62. The first-order chi connectivity index (χ1) is 16.9. The van der Waals surface area contributed by atoms with E-state index in [0.717, 1.165) is 24.0 Å². The van der Waals surface area contributed by atoms with E-state index in [9.17, 15) is 14.4 Å². The minimum absolute atomic E-state index is 0.0977. The van der Waals surface area contributed by atoms with Crippen molar-refractivity contribution in [3.8, 4) is 11.3 Å². The van der Waals surface area contributed by atoms with Gasteiger partial charge in [-0.15, -0.1) is 0 Å². The van der Waals surface area contributed by atoms with Crippen LogP contribution in [0.4, 0.5) is 5.69 Å². The van der Waals surface area contributed by atoms with Crippen molar-refractivity contribution in [1.29, 1.82) is 0 Å². The summed E-state index contributed by atoms with van der Waals surface area (Å²) in [6.07, 6.45) is 1.99. The lowest BCUT2D eigenvalue weighted by Gasteiger charge is -2.24. The van der Waals surface area contributed by atoms with Gasteiger partial charge in [0.05, 0.1) is 6.54 Å². The molecule has 1 aromatic heterocycles. The summed E-state index contributed by atoms with van der Waals surface area (Å²) < 4.78 is 5.70. The maximum absolute atomic E-state index is 13.1. The average molecular weight is 495 g/mol. The third kappa shape index (κ3) is 6.29. The normalized spacial score (nSPS) is 16.0. The average Bonchev–Trinajstić information content (AvgIpc) is 3.29. The molecule has 3 amide bonds. The quantitative estimate of drug-likeness (QED) is 0.461. The zero-order chi connectivity index (χ0) is 24.8. The first-order valence-corrected chi connectivity index (χ1v) is 11.8. The number of hydrogen-bond acceptors (Lipinski definition) is 5. The number of halogens is 1. The summed E-state index contributed by atoms with van der Waals surface area (Å²) in [4.78, 5) is 40.0. The summed E-state index contributed by atoms with van der Waals surface area (Å²) >= 11 is 5.93. The highest BCUT2D eigenvalue weighted by atomic mass is 35.5. The molecule has 3 aromatic rings. The number of anilines is 1. The van der Waals surface area contributed by atoms with Crippen molar-refractivity contribution in [1.82, 2.24) is 10.2 Å². The SMILES string of the molecule is NCc1cccc(NC(=O)CN2CCCCC(NC(=O)c3ccc(-c4ccc(Cl)cc4)o3)C2=O)c1. The number of carbonyl (C=O) groups is 3. The van der Waals surface area contributed by atoms with Gasteiger partial charge in [-0.25, -0.2) is 0 Å². The molecule has 4 rings (SSSR count). The Kier molecular flexibility index (Phi) is 7.84. The molecule has 1 aliphatic heterocycles. The molecular formula is C26H27ClN4O4. The van der Waals surface area contributed by atoms with Crippen LogP contribution in [0.2, 0.25) is 5.02 Å². The highest BCUT2D eigenvalue weighted by Gasteiger charge is 2.30. The molecule has 1 unspecified atom stereocenters. The standard InChI is InChI=1S/C26H27ClN4O4/c27-19-9-7-18(8-10-19)22-11-12-23(35-22)25(33)30-21-6-1-2-13-31(26(21)34)16-24(32)29-20-5-3-4-17(14-20)15-28/h3-5,7-12,14,21H,1-2,6,13,15-16,28H2,(H,29,32)(H,30,33). The molecule has 4 N–H and O–H groups in total. The number of hydrogen-bond donors (Lipinski definition) is 3. The number of nitrogens with one attached hydrogen (secondary N) is 2. The number of amides is 3. The third-order valence-corrected chi connectivity index (χ3v) is 6.08. The Morgan fingerprint density at radius 1 is 1.09 bits per heavy atom. The second-order valence-electron chi connectivity index (χ2n) is 8.41. The number of rotatable bonds is 7. The molecule has 35 heavy (non-hydrogen) atoms. The van der Waals surface area contributed by atoms with Crippen molar-refractivity contribution in [3.05, 3.63) is 77.0 Å². The molecule has 8 nitrogen and oxygen atoms in total. The Bertz CT molecular complexity index is 1210. The van der Waals surface area contributed by atoms with Crippen molar-refractivity contribution < 1.29 is 18.8 Å². The van der Waals surface area contributed by atoms with Gasteiger partial charge < -0.3 is 25.7 Å². The number of likely N-dealkylation sites (tertiary alicyclic amines) is 1. The fourth-order valence-electron chi connectivity index (χ4n) is 4.00. The molecular weight excluding hydrogens is 468 g/mol. The monoisotopic (exact) mass is 494 g/mol. The van der Waals surface area contributed by atoms with Crippen LogP contribution in [0.3, 0.4) is 0 Å². The van der Waals surface area contributed by atoms with Crippen molar-refractivity contribution >= 4 is 35.0 Å². The van der Waals surface area contributed by atoms with Crippen LogP contribution in [0.1, 0.15) is 35.4 Å². The van der Waals surface area contributed by atoms with E-state index in [2.05, 4.69) is 10.6 Å². The van der Waals surface area contributed by atoms with Gasteiger partial charge in [0.2, 0.25) is 11.8 Å². The maximum atomic E-state index is 13.1. The van der Waals surface area contributed by atoms with Gasteiger partial charge in [-0.3, -0.25) is 14.4 Å². The van der Waals surface area contributed by atoms with Crippen LogP contribution in [0.5, 0.6) is 0 Å². The van der Waals surface area contributed by atoms with Gasteiger partial charge in [-0.05, 0) is 73.4 Å². The van der Waals surface area contributed by atoms with Crippen molar-refractivity contribution in [2.75, 3.05) is 18.4 Å². The van der Waals surface area contributed by atoms with Crippen LogP contribution >= 0.6 is 11.6 Å². The largest absolute Gasteiger partial charge is 0.451 e. The first-order valence-electron chi connectivity index (χ1n) is 11.5. The predicted molar refractivity (Wildman–Crippen MR) is 134 cm³/mol. The summed E-state index contributed by atoms with van der Waals surface area (Å²) in [6.45, 7) is 0.717. The Balaban J connectivity index is 1.38. The lowest BCUT2D eigenvalue weighted by atomic mass is 10.1. The fourth-order valence-corrected chi connectivity index (χ4v) is 4.13. The number of nitrogens with two attached hydrogens (primary N) is 1. The van der Waals surface area contributed by atoms with Crippen LogP contribution in [-0.4, -0.2) is 41.8 Å². The topological polar surface area (TPSA) is 118 Å². The molecule has 0 radical (unpaired) electrons. The first kappa shape index (κ1) is 24.5. The predicted octanol–water partition coefficient (Wildman–Crippen LogP) is 3.81. The van der Waals surface area contributed by atoms with E-state index >= 15 is 0 Å². The zero-order valence-corrected chi connectivity index (χ0v) is 19.9. The molecule has 182 valence electrons. The van der Waals surface area contributed by atoms with E-state index in [0.29, 0.717) is 36.0 Å². The molecule has 1 aliphatic rings. The molecule has 9 heteroatoms. The summed E-state index contributed by atoms with van der Waals surface area (Å²) in [7, 11) is 0. The lowest BCUT2D eigenvalue weighted by molar-refractivity contribution is -0.135. The number of benzene rings is 2. The van der Waals surface area contributed by atoms with Gasteiger partial charge >= 0.3 is 0 Å². The van der Waals surface area contributed by atoms with Crippen LogP contribution < -0.4 is 16.4 Å². The highest BCUT2D eigenvalue weighted by molar-refractivity contribution is 6.30. The van der Waals surface area contributed by atoms with Gasteiger partial charge in [-0.2, -0.15) is 0 Å². The molecule has 0 saturated carbocycles. The van der Waals surface area contributed by atoms with Gasteiger partial charge in [0.15, 0.2) is 5.76 Å². The van der Waals surface area contributed by atoms with Crippen molar-refractivity contribution in [3.63, 3.8) is 0 Å². The minimum Gasteiger partial charge on any atom is -0.451 e. The van der Waals surface area contributed by atoms with Gasteiger partial charge in [0.1, 0.15) is 11.8 Å². The summed E-state index contributed by atoms with van der Waals surface area (Å²) in [5, 5.41) is 6.19. The Labute approximate surface area is 208 Å². The summed E-state index contributed by atoms with van der Waals surface area (Å²) in [5.41, 5.74) is 7.96. The Morgan fingerprint density at radius 2 is 1.89 bits per heavy atom. The summed E-state index contributed by atoms with van der Waals surface area (Å²) in [6, 6.07) is 16.9. The van der Waals surface area contributed by atoms with Crippen molar-refractivity contribution in [2.24, 2.45) is 5.73 Å². The highest BCUT2D eigenvalue weighted by Crippen LogP contribution is 2.24. The van der Waals surface area contributed by atoms with E-state index in [1.54, 1.807) is 48.5 Å². The fraction of sp³-hybridized carbons (Fsp3) is 0.269. The molecule has 1 fully saturated rings. The van der Waals surface area contributed by atoms with Gasteiger partial charge in [-0.1, -0.05) is 23.7 Å². The second-order valence-corrected chi connectivity index (χ2v) is 8.84. The molecule has 0 bridgehead atoms. The van der Waals surface area contributed by atoms with E-state index in [1.165, 1.54) is 4.90 Å². The number of nitrogens with zero attached hydrogens (tertiary/aromatic N) is 1. The van der Waals surface area contributed by atoms with E-state index < -0.39 is 11.9 Å². The molecule has 2 heterocycles. The maximum Gasteiger partial charge on any atom is 0.287 e. The van der Waals surface area contributed by atoms with Crippen LogP contribution in [-0.2, 0) is 16.1 Å². The van der Waals surface area contributed by atoms with Crippen LogP contribution in [0.25, 0.3) is 11.3 Å². The number of carbonyl (C=O) groups excluding carboxylic acids is 3. The molecule has 1 saturated heterocycles. The molecule has 0 aliphatic carbocycles.